The van der Waals surface area contributed by atoms with Crippen LogP contribution in [0.15, 0.2) is 12.3 Å². The highest BCUT2D eigenvalue weighted by atomic mass is 16.2. The zero-order chi connectivity index (χ0) is 20.9. The molecule has 3 N–H and O–H groups in total. The smallest absolute Gasteiger partial charge is 0.315 e. The quantitative estimate of drug-likeness (QED) is 0.705. The van der Waals surface area contributed by atoms with Crippen molar-refractivity contribution in [2.75, 3.05) is 11.9 Å². The van der Waals surface area contributed by atoms with E-state index in [9.17, 15) is 9.59 Å². The van der Waals surface area contributed by atoms with Crippen molar-refractivity contribution >= 4 is 28.7 Å². The third-order valence-electron chi connectivity index (χ3n) is 7.20. The van der Waals surface area contributed by atoms with Crippen molar-refractivity contribution in [3.05, 3.63) is 18.0 Å². The van der Waals surface area contributed by atoms with E-state index in [1.165, 1.54) is 19.3 Å². The summed E-state index contributed by atoms with van der Waals surface area (Å²) in [5.74, 6) is 2.22. The van der Waals surface area contributed by atoms with Crippen LogP contribution >= 0.6 is 0 Å². The van der Waals surface area contributed by atoms with Crippen LogP contribution in [0.5, 0.6) is 0 Å². The number of urea groups is 1. The van der Waals surface area contributed by atoms with E-state index >= 15 is 0 Å². The van der Waals surface area contributed by atoms with E-state index in [1.54, 1.807) is 10.9 Å². The third kappa shape index (κ3) is 3.63. The van der Waals surface area contributed by atoms with E-state index in [1.807, 2.05) is 20.0 Å². The standard InChI is InChI=1S/C22H30N6O2/c1-13-18-8-17(12-24-20(18)28(2)27-13)25-19(29)3-4-23-21(30)26-22-9-14-5-15(10-22)7-16(6-14)11-22/h8,12,14-16H,3-7,9-11H2,1-2H3,(H,25,29)(H2,23,26,30). The molecule has 0 atom stereocenters. The molecule has 30 heavy (non-hydrogen) atoms. The lowest BCUT2D eigenvalue weighted by molar-refractivity contribution is -0.116. The zero-order valence-electron chi connectivity index (χ0n) is 17.7. The van der Waals surface area contributed by atoms with E-state index in [0.29, 0.717) is 12.2 Å². The molecule has 160 valence electrons. The number of nitrogens with zero attached hydrogens (tertiary/aromatic N) is 3. The molecule has 4 aliphatic rings. The highest BCUT2D eigenvalue weighted by Gasteiger charge is 2.51. The van der Waals surface area contributed by atoms with Crippen LogP contribution < -0.4 is 16.0 Å². The van der Waals surface area contributed by atoms with Crippen LogP contribution in [0.4, 0.5) is 10.5 Å². The average molecular weight is 411 g/mol. The zero-order valence-corrected chi connectivity index (χ0v) is 17.7. The summed E-state index contributed by atoms with van der Waals surface area (Å²) >= 11 is 0. The molecule has 4 fully saturated rings. The normalized spacial score (nSPS) is 29.2. The number of anilines is 1. The number of carbonyl (C=O) groups excluding carboxylic acids is 2. The van der Waals surface area contributed by atoms with Crippen molar-refractivity contribution in [1.82, 2.24) is 25.4 Å². The van der Waals surface area contributed by atoms with Crippen LogP contribution in [0, 0.1) is 24.7 Å². The van der Waals surface area contributed by atoms with Crippen molar-refractivity contribution in [1.29, 1.82) is 0 Å². The first-order valence-corrected chi connectivity index (χ1v) is 11.0. The van der Waals surface area contributed by atoms with E-state index in [-0.39, 0.29) is 23.9 Å². The van der Waals surface area contributed by atoms with Gasteiger partial charge in [-0.15, -0.1) is 0 Å². The summed E-state index contributed by atoms with van der Waals surface area (Å²) in [5, 5.41) is 14.3. The van der Waals surface area contributed by atoms with Gasteiger partial charge in [0.2, 0.25) is 5.91 Å². The van der Waals surface area contributed by atoms with Crippen LogP contribution in [0.2, 0.25) is 0 Å². The number of amides is 3. The second kappa shape index (κ2) is 7.25. The lowest BCUT2D eigenvalue weighted by atomic mass is 9.53. The lowest BCUT2D eigenvalue weighted by Crippen LogP contribution is -2.61. The molecular formula is C22H30N6O2. The van der Waals surface area contributed by atoms with Gasteiger partial charge in [-0.3, -0.25) is 9.48 Å². The highest BCUT2D eigenvalue weighted by Crippen LogP contribution is 2.55. The molecule has 2 aromatic heterocycles. The van der Waals surface area contributed by atoms with Gasteiger partial charge in [-0.1, -0.05) is 0 Å². The first-order chi connectivity index (χ1) is 14.4. The molecule has 3 amide bonds. The number of rotatable bonds is 5. The van der Waals surface area contributed by atoms with Crippen molar-refractivity contribution < 1.29 is 9.59 Å². The fourth-order valence-electron chi connectivity index (χ4n) is 6.44. The molecule has 0 saturated heterocycles. The van der Waals surface area contributed by atoms with Crippen LogP contribution in [-0.2, 0) is 11.8 Å². The summed E-state index contributed by atoms with van der Waals surface area (Å²) in [6, 6.07) is 1.74. The number of fused-ring (bicyclic) bond motifs is 1. The summed E-state index contributed by atoms with van der Waals surface area (Å²) < 4.78 is 1.72. The molecule has 0 unspecified atom stereocenters. The molecule has 8 heteroatoms. The Morgan fingerprint density at radius 1 is 1.17 bits per heavy atom. The molecule has 2 aromatic rings. The van der Waals surface area contributed by atoms with Crippen molar-refractivity contribution in [2.45, 2.75) is 57.4 Å². The average Bonchev–Trinajstić information content (AvgIpc) is 2.93. The topological polar surface area (TPSA) is 101 Å². The summed E-state index contributed by atoms with van der Waals surface area (Å²) in [7, 11) is 1.85. The van der Waals surface area contributed by atoms with Crippen molar-refractivity contribution in [2.24, 2.45) is 24.8 Å². The molecular weight excluding hydrogens is 380 g/mol. The SMILES string of the molecule is Cc1nn(C)c2ncc(NC(=O)CCNC(=O)NC34CC5CC(CC(C5)C3)C4)cc12. The number of hydrogen-bond donors (Lipinski definition) is 3. The molecule has 0 radical (unpaired) electrons. The number of pyridine rings is 1. The lowest BCUT2D eigenvalue weighted by Gasteiger charge is -2.56. The Labute approximate surface area is 176 Å². The number of aromatic nitrogens is 3. The fourth-order valence-corrected chi connectivity index (χ4v) is 6.44. The second-order valence-electron chi connectivity index (χ2n) is 9.68. The van der Waals surface area contributed by atoms with Crippen LogP contribution in [0.3, 0.4) is 0 Å². The molecule has 0 aromatic carbocycles. The molecule has 6 rings (SSSR count). The Morgan fingerprint density at radius 3 is 2.50 bits per heavy atom. The van der Waals surface area contributed by atoms with Gasteiger partial charge < -0.3 is 16.0 Å². The summed E-state index contributed by atoms with van der Waals surface area (Å²) in [6.07, 6.45) is 9.27. The van der Waals surface area contributed by atoms with Crippen molar-refractivity contribution in [3.63, 3.8) is 0 Å². The van der Waals surface area contributed by atoms with Crippen molar-refractivity contribution in [3.8, 4) is 0 Å². The molecule has 4 saturated carbocycles. The van der Waals surface area contributed by atoms with Gasteiger partial charge in [0.15, 0.2) is 5.65 Å². The second-order valence-corrected chi connectivity index (χ2v) is 9.68. The van der Waals surface area contributed by atoms with Crippen LogP contribution in [0.25, 0.3) is 11.0 Å². The summed E-state index contributed by atoms with van der Waals surface area (Å²) in [4.78, 5) is 29.2. The van der Waals surface area contributed by atoms with Gasteiger partial charge >= 0.3 is 6.03 Å². The Hall–Kier alpha value is -2.64. The third-order valence-corrected chi connectivity index (χ3v) is 7.20. The minimum absolute atomic E-state index is 0.0102. The summed E-state index contributed by atoms with van der Waals surface area (Å²) in [6.45, 7) is 2.23. The number of carbonyl (C=O) groups is 2. The largest absolute Gasteiger partial charge is 0.338 e. The van der Waals surface area contributed by atoms with Gasteiger partial charge in [0, 0.05) is 30.9 Å². The minimum atomic E-state index is -0.146. The maximum Gasteiger partial charge on any atom is 0.315 e. The van der Waals surface area contributed by atoms with Crippen LogP contribution in [-0.4, -0.2) is 38.8 Å². The Kier molecular flexibility index (Phi) is 4.67. The Balaban J connectivity index is 1.10. The molecule has 4 aliphatic carbocycles. The van der Waals surface area contributed by atoms with E-state index in [4.69, 9.17) is 0 Å². The maximum atomic E-state index is 12.5. The van der Waals surface area contributed by atoms with E-state index < -0.39 is 0 Å². The molecule has 0 aliphatic heterocycles. The monoisotopic (exact) mass is 410 g/mol. The first kappa shape index (κ1) is 19.3. The number of hydrogen-bond acceptors (Lipinski definition) is 4. The fraction of sp³-hybridized carbons (Fsp3) is 0.636. The van der Waals surface area contributed by atoms with Gasteiger partial charge in [0.1, 0.15) is 0 Å². The molecule has 4 bridgehead atoms. The van der Waals surface area contributed by atoms with Gasteiger partial charge in [-0.25, -0.2) is 9.78 Å². The predicted molar refractivity (Wildman–Crippen MR) is 114 cm³/mol. The molecule has 2 heterocycles. The number of aryl methyl sites for hydroxylation is 2. The predicted octanol–water partition coefficient (Wildman–Crippen LogP) is 2.87. The van der Waals surface area contributed by atoms with Crippen LogP contribution in [0.1, 0.15) is 50.6 Å². The highest BCUT2D eigenvalue weighted by molar-refractivity contribution is 5.93. The van der Waals surface area contributed by atoms with Gasteiger partial charge in [0.25, 0.3) is 0 Å². The van der Waals surface area contributed by atoms with Gasteiger partial charge in [-0.05, 0) is 69.3 Å². The first-order valence-electron chi connectivity index (χ1n) is 11.0. The Bertz CT molecular complexity index is 962. The maximum absolute atomic E-state index is 12.5. The Morgan fingerprint density at radius 2 is 1.83 bits per heavy atom. The minimum Gasteiger partial charge on any atom is -0.338 e. The molecule has 8 nitrogen and oxygen atoms in total. The van der Waals surface area contributed by atoms with Gasteiger partial charge in [0.05, 0.1) is 17.6 Å². The van der Waals surface area contributed by atoms with Gasteiger partial charge in [-0.2, -0.15) is 5.10 Å². The van der Waals surface area contributed by atoms with E-state index in [2.05, 4.69) is 26.0 Å². The number of nitrogens with one attached hydrogen (secondary N) is 3. The molecule has 0 spiro atoms. The summed E-state index contributed by atoms with van der Waals surface area (Å²) in [5.41, 5.74) is 2.29. The van der Waals surface area contributed by atoms with E-state index in [0.717, 1.165) is 53.7 Å².